The summed E-state index contributed by atoms with van der Waals surface area (Å²) in [5.41, 5.74) is 0.511. The molecule has 2 aromatic rings. The van der Waals surface area contributed by atoms with E-state index in [-0.39, 0.29) is 11.5 Å². The molecule has 0 spiro atoms. The zero-order valence-electron chi connectivity index (χ0n) is 11.6. The lowest BCUT2D eigenvalue weighted by molar-refractivity contribution is -0.140. The average molecular weight is 296 g/mol. The van der Waals surface area contributed by atoms with E-state index in [4.69, 9.17) is 0 Å². The third-order valence-corrected chi connectivity index (χ3v) is 3.64. The molecule has 0 saturated carbocycles. The summed E-state index contributed by atoms with van der Waals surface area (Å²) in [5.74, 6) is -0.241. The van der Waals surface area contributed by atoms with E-state index in [1.165, 1.54) is 29.0 Å². The van der Waals surface area contributed by atoms with Crippen molar-refractivity contribution in [3.05, 3.63) is 27.1 Å². The lowest BCUT2D eigenvalue weighted by Gasteiger charge is -2.13. The van der Waals surface area contributed by atoms with Gasteiger partial charge >= 0.3 is 5.97 Å². The Morgan fingerprint density at radius 3 is 3.00 bits per heavy atom. The van der Waals surface area contributed by atoms with Crippen molar-refractivity contribution in [3.63, 3.8) is 0 Å². The van der Waals surface area contributed by atoms with E-state index in [0.717, 1.165) is 5.01 Å². The van der Waals surface area contributed by atoms with E-state index in [2.05, 4.69) is 14.8 Å². The van der Waals surface area contributed by atoms with E-state index in [9.17, 15) is 9.59 Å². The Morgan fingerprint density at radius 2 is 2.30 bits per heavy atom. The highest BCUT2D eigenvalue weighted by molar-refractivity contribution is 7.16. The maximum absolute atomic E-state index is 11.7. The van der Waals surface area contributed by atoms with Crippen LogP contribution in [0.2, 0.25) is 0 Å². The number of rotatable bonds is 5. The molecule has 0 unspecified atom stereocenters. The maximum atomic E-state index is 11.7. The van der Waals surface area contributed by atoms with E-state index in [1.54, 1.807) is 6.92 Å². The highest BCUT2D eigenvalue weighted by atomic mass is 32.1. The number of aromatic nitrogens is 3. The molecule has 0 aromatic carbocycles. The van der Waals surface area contributed by atoms with E-state index >= 15 is 0 Å². The standard InChI is InChI=1S/C12H16N4O3S/c1-8-6-10(17)16-12(13-8)20-9(14-16)7-15(2)5-4-11(18)19-3/h6H,4-5,7H2,1-3H3. The van der Waals surface area contributed by atoms with Crippen LogP contribution in [0.4, 0.5) is 0 Å². The molecular weight excluding hydrogens is 280 g/mol. The number of hydrogen-bond acceptors (Lipinski definition) is 7. The van der Waals surface area contributed by atoms with Gasteiger partial charge in [-0.25, -0.2) is 4.98 Å². The van der Waals surface area contributed by atoms with Gasteiger partial charge in [0.15, 0.2) is 0 Å². The van der Waals surface area contributed by atoms with Crippen LogP contribution in [0.5, 0.6) is 0 Å². The number of aryl methyl sites for hydroxylation is 1. The molecule has 2 heterocycles. The van der Waals surface area contributed by atoms with Gasteiger partial charge in [0.05, 0.1) is 20.1 Å². The summed E-state index contributed by atoms with van der Waals surface area (Å²) in [6, 6.07) is 1.46. The van der Waals surface area contributed by atoms with Crippen LogP contribution in [-0.4, -0.2) is 46.2 Å². The SMILES string of the molecule is COC(=O)CCN(C)Cc1nn2c(=O)cc(C)nc2s1. The van der Waals surface area contributed by atoms with Crippen molar-refractivity contribution in [1.29, 1.82) is 0 Å². The minimum absolute atomic E-state index is 0.174. The van der Waals surface area contributed by atoms with E-state index in [1.807, 2.05) is 11.9 Å². The van der Waals surface area contributed by atoms with Gasteiger partial charge in [-0.2, -0.15) is 9.61 Å². The summed E-state index contributed by atoms with van der Waals surface area (Å²) in [4.78, 5) is 29.6. The Morgan fingerprint density at radius 1 is 1.55 bits per heavy atom. The van der Waals surface area contributed by atoms with Crippen LogP contribution in [0, 0.1) is 6.92 Å². The Kier molecular flexibility index (Phi) is 4.46. The maximum Gasteiger partial charge on any atom is 0.306 e. The van der Waals surface area contributed by atoms with Gasteiger partial charge in [0, 0.05) is 18.3 Å². The molecule has 2 aromatic heterocycles. The Bertz CT molecular complexity index is 679. The predicted octanol–water partition coefficient (Wildman–Crippen LogP) is 0.454. The second-order valence-corrected chi connectivity index (χ2v) is 5.53. The monoisotopic (exact) mass is 296 g/mol. The molecule has 2 rings (SSSR count). The first kappa shape index (κ1) is 14.6. The third kappa shape index (κ3) is 3.40. The van der Waals surface area contributed by atoms with Gasteiger partial charge in [0.1, 0.15) is 5.01 Å². The van der Waals surface area contributed by atoms with Crippen molar-refractivity contribution >= 4 is 22.3 Å². The Hall–Kier alpha value is -1.80. The molecule has 0 amide bonds. The number of fused-ring (bicyclic) bond motifs is 1. The number of methoxy groups -OCH3 is 1. The Labute approximate surface area is 119 Å². The molecule has 0 atom stereocenters. The van der Waals surface area contributed by atoms with E-state index < -0.39 is 0 Å². The minimum atomic E-state index is -0.241. The molecule has 0 aliphatic rings. The summed E-state index contributed by atoms with van der Waals surface area (Å²) in [6.07, 6.45) is 0.329. The minimum Gasteiger partial charge on any atom is -0.469 e. The fourth-order valence-electron chi connectivity index (χ4n) is 1.72. The van der Waals surface area contributed by atoms with Crippen molar-refractivity contribution in [1.82, 2.24) is 19.5 Å². The number of carbonyl (C=O) groups excluding carboxylic acids is 1. The molecule has 108 valence electrons. The van der Waals surface area contributed by atoms with Crippen molar-refractivity contribution in [2.24, 2.45) is 0 Å². The second kappa shape index (κ2) is 6.10. The van der Waals surface area contributed by atoms with Gasteiger partial charge < -0.3 is 4.74 Å². The van der Waals surface area contributed by atoms with Crippen LogP contribution in [0.25, 0.3) is 4.96 Å². The van der Waals surface area contributed by atoms with Gasteiger partial charge in [-0.15, -0.1) is 0 Å². The number of ether oxygens (including phenoxy) is 1. The first-order chi connectivity index (χ1) is 9.49. The van der Waals surface area contributed by atoms with Gasteiger partial charge in [-0.3, -0.25) is 14.5 Å². The van der Waals surface area contributed by atoms with Gasteiger partial charge in [0.2, 0.25) is 4.96 Å². The first-order valence-corrected chi connectivity index (χ1v) is 6.93. The Balaban J connectivity index is 2.08. The van der Waals surface area contributed by atoms with Crippen LogP contribution in [-0.2, 0) is 16.1 Å². The summed E-state index contributed by atoms with van der Waals surface area (Å²) in [5, 5.41) is 5.03. The highest BCUT2D eigenvalue weighted by Crippen LogP contribution is 2.13. The third-order valence-electron chi connectivity index (χ3n) is 2.75. The van der Waals surface area contributed by atoms with Crippen molar-refractivity contribution < 1.29 is 9.53 Å². The molecule has 20 heavy (non-hydrogen) atoms. The molecule has 0 bridgehead atoms. The van der Waals surface area contributed by atoms with Crippen LogP contribution in [0.3, 0.4) is 0 Å². The largest absolute Gasteiger partial charge is 0.469 e. The fraction of sp³-hybridized carbons (Fsp3) is 0.500. The molecule has 0 aliphatic carbocycles. The molecule has 0 saturated heterocycles. The molecular formula is C12H16N4O3S. The smallest absolute Gasteiger partial charge is 0.306 e. The van der Waals surface area contributed by atoms with Crippen LogP contribution >= 0.6 is 11.3 Å². The van der Waals surface area contributed by atoms with Crippen molar-refractivity contribution in [2.75, 3.05) is 20.7 Å². The van der Waals surface area contributed by atoms with Crippen LogP contribution < -0.4 is 5.56 Å². The number of carbonyl (C=O) groups is 1. The molecule has 0 N–H and O–H groups in total. The van der Waals surface area contributed by atoms with Gasteiger partial charge in [-0.1, -0.05) is 11.3 Å². The zero-order valence-corrected chi connectivity index (χ0v) is 12.4. The molecule has 0 fully saturated rings. The summed E-state index contributed by atoms with van der Waals surface area (Å²) in [7, 11) is 3.26. The number of nitrogens with zero attached hydrogens (tertiary/aromatic N) is 4. The normalized spacial score (nSPS) is 11.2. The molecule has 0 radical (unpaired) electrons. The lowest BCUT2D eigenvalue weighted by atomic mass is 10.4. The molecule has 0 aliphatic heterocycles. The second-order valence-electron chi connectivity index (χ2n) is 4.49. The summed E-state index contributed by atoms with van der Waals surface area (Å²) < 4.78 is 5.90. The van der Waals surface area contributed by atoms with Crippen LogP contribution in [0.1, 0.15) is 17.1 Å². The van der Waals surface area contributed by atoms with Gasteiger partial charge in [-0.05, 0) is 14.0 Å². The highest BCUT2D eigenvalue weighted by Gasteiger charge is 2.11. The quantitative estimate of drug-likeness (QED) is 0.746. The topological polar surface area (TPSA) is 76.8 Å². The number of hydrogen-bond donors (Lipinski definition) is 0. The average Bonchev–Trinajstić information content (AvgIpc) is 2.78. The molecule has 7 nitrogen and oxygen atoms in total. The van der Waals surface area contributed by atoms with Crippen LogP contribution in [0.15, 0.2) is 10.9 Å². The first-order valence-electron chi connectivity index (χ1n) is 6.11. The fourth-order valence-corrected chi connectivity index (χ4v) is 2.74. The van der Waals surface area contributed by atoms with Crippen molar-refractivity contribution in [3.8, 4) is 0 Å². The lowest BCUT2D eigenvalue weighted by Crippen LogP contribution is -2.22. The summed E-state index contributed by atoms with van der Waals surface area (Å²) in [6.45, 7) is 2.91. The molecule has 8 heteroatoms. The summed E-state index contributed by atoms with van der Waals surface area (Å²) >= 11 is 1.38. The number of esters is 1. The zero-order chi connectivity index (χ0) is 14.7. The van der Waals surface area contributed by atoms with Gasteiger partial charge in [0.25, 0.3) is 5.56 Å². The van der Waals surface area contributed by atoms with Crippen molar-refractivity contribution in [2.45, 2.75) is 19.9 Å². The predicted molar refractivity (Wildman–Crippen MR) is 74.8 cm³/mol. The van der Waals surface area contributed by atoms with E-state index in [0.29, 0.717) is 30.2 Å².